The molecule has 6 rings (SSSR count). The van der Waals surface area contributed by atoms with Gasteiger partial charge >= 0.3 is 0 Å². The normalized spacial score (nSPS) is 19.6. The lowest BCUT2D eigenvalue weighted by Crippen LogP contribution is -2.50. The van der Waals surface area contributed by atoms with E-state index in [0.717, 1.165) is 26.1 Å². The van der Waals surface area contributed by atoms with E-state index < -0.39 is 0 Å². The van der Waals surface area contributed by atoms with E-state index in [9.17, 15) is 0 Å². The van der Waals surface area contributed by atoms with E-state index >= 15 is 0 Å². The summed E-state index contributed by atoms with van der Waals surface area (Å²) < 4.78 is 0. The molecule has 4 heteroatoms. The topological polar surface area (TPSA) is 27.3 Å². The van der Waals surface area contributed by atoms with Crippen LogP contribution in [0.5, 0.6) is 0 Å². The van der Waals surface area contributed by atoms with Crippen molar-refractivity contribution >= 4 is 45.0 Å². The summed E-state index contributed by atoms with van der Waals surface area (Å²) in [4.78, 5) is 2.56. The second-order valence-electron chi connectivity index (χ2n) is 9.45. The SMILES string of the molecule is CCCN1CC(=Cc2cccc3ccccc23)C2=C(C1)C(c1cccc3ccccc13)NC(=S)N2. The van der Waals surface area contributed by atoms with Crippen molar-refractivity contribution in [2.45, 2.75) is 19.4 Å². The average molecular weight is 476 g/mol. The zero-order valence-corrected chi connectivity index (χ0v) is 20.7. The Hall–Kier alpha value is -3.47. The zero-order chi connectivity index (χ0) is 23.8. The van der Waals surface area contributed by atoms with E-state index in [1.807, 2.05) is 0 Å². The van der Waals surface area contributed by atoms with Crippen molar-refractivity contribution in [3.05, 3.63) is 113 Å². The molecule has 0 aliphatic carbocycles. The fourth-order valence-electron chi connectivity index (χ4n) is 5.59. The van der Waals surface area contributed by atoms with Gasteiger partial charge < -0.3 is 10.6 Å². The van der Waals surface area contributed by atoms with Crippen LogP contribution >= 0.6 is 12.2 Å². The van der Waals surface area contributed by atoms with Gasteiger partial charge in [-0.1, -0.05) is 91.9 Å². The van der Waals surface area contributed by atoms with Gasteiger partial charge in [-0.3, -0.25) is 4.90 Å². The Morgan fingerprint density at radius 2 is 1.54 bits per heavy atom. The Bertz CT molecular complexity index is 1490. The summed E-state index contributed by atoms with van der Waals surface area (Å²) in [5, 5.41) is 12.9. The quantitative estimate of drug-likeness (QED) is 0.326. The number of thiocarbonyl (C=S) groups is 1. The van der Waals surface area contributed by atoms with Gasteiger partial charge in [0, 0.05) is 18.8 Å². The summed E-state index contributed by atoms with van der Waals surface area (Å²) in [5.74, 6) is 0. The van der Waals surface area contributed by atoms with Gasteiger partial charge in [0.1, 0.15) is 0 Å². The molecule has 4 aromatic carbocycles. The van der Waals surface area contributed by atoms with Crippen LogP contribution in [0.1, 0.15) is 30.5 Å². The van der Waals surface area contributed by atoms with Crippen LogP contribution in [-0.4, -0.2) is 29.6 Å². The summed E-state index contributed by atoms with van der Waals surface area (Å²) in [6.07, 6.45) is 3.49. The van der Waals surface area contributed by atoms with Crippen LogP contribution in [0.15, 0.2) is 102 Å². The zero-order valence-electron chi connectivity index (χ0n) is 19.9. The summed E-state index contributed by atoms with van der Waals surface area (Å²) >= 11 is 5.75. The molecule has 0 saturated heterocycles. The number of nitrogens with one attached hydrogen (secondary N) is 2. The highest BCUT2D eigenvalue weighted by Crippen LogP contribution is 2.37. The van der Waals surface area contributed by atoms with Gasteiger partial charge in [-0.05, 0) is 75.1 Å². The first-order valence-corrected chi connectivity index (χ1v) is 12.8. The molecule has 0 amide bonds. The van der Waals surface area contributed by atoms with Crippen molar-refractivity contribution in [1.29, 1.82) is 0 Å². The maximum Gasteiger partial charge on any atom is 0.171 e. The van der Waals surface area contributed by atoms with Gasteiger partial charge in [-0.15, -0.1) is 0 Å². The van der Waals surface area contributed by atoms with Crippen LogP contribution < -0.4 is 10.6 Å². The smallest absolute Gasteiger partial charge is 0.171 e. The van der Waals surface area contributed by atoms with Crippen LogP contribution in [0.2, 0.25) is 0 Å². The molecule has 3 nitrogen and oxygen atoms in total. The molecule has 0 bridgehead atoms. The molecule has 2 N–H and O–H groups in total. The van der Waals surface area contributed by atoms with Crippen molar-refractivity contribution in [3.63, 3.8) is 0 Å². The van der Waals surface area contributed by atoms with Gasteiger partial charge in [-0.25, -0.2) is 0 Å². The van der Waals surface area contributed by atoms with E-state index in [1.54, 1.807) is 0 Å². The Morgan fingerprint density at radius 1 is 0.857 bits per heavy atom. The Labute approximate surface area is 212 Å². The van der Waals surface area contributed by atoms with Crippen LogP contribution in [0.3, 0.4) is 0 Å². The maximum absolute atomic E-state index is 5.75. The van der Waals surface area contributed by atoms with Crippen LogP contribution in [0, 0.1) is 0 Å². The molecule has 0 fully saturated rings. The number of hydrogen-bond donors (Lipinski definition) is 2. The maximum atomic E-state index is 5.75. The molecule has 1 unspecified atom stereocenters. The number of fused-ring (bicyclic) bond motifs is 2. The first-order valence-electron chi connectivity index (χ1n) is 12.4. The molecule has 174 valence electrons. The molecule has 2 heterocycles. The Morgan fingerprint density at radius 3 is 2.34 bits per heavy atom. The van der Waals surface area contributed by atoms with Crippen molar-refractivity contribution in [2.24, 2.45) is 0 Å². The summed E-state index contributed by atoms with van der Waals surface area (Å²) in [5.41, 5.74) is 6.37. The molecule has 2 aliphatic rings. The first-order chi connectivity index (χ1) is 17.2. The van der Waals surface area contributed by atoms with E-state index in [2.05, 4.69) is 113 Å². The third-order valence-corrected chi connectivity index (χ3v) is 7.34. The highest BCUT2D eigenvalue weighted by Gasteiger charge is 2.33. The minimum Gasteiger partial charge on any atom is -0.352 e. The molecule has 0 aromatic heterocycles. The molecule has 35 heavy (non-hydrogen) atoms. The molecule has 0 saturated carbocycles. The Kier molecular flexibility index (Phi) is 5.85. The van der Waals surface area contributed by atoms with E-state index in [-0.39, 0.29) is 6.04 Å². The number of nitrogens with zero attached hydrogens (tertiary/aromatic N) is 1. The van der Waals surface area contributed by atoms with Crippen molar-refractivity contribution in [3.8, 4) is 0 Å². The molecule has 2 aliphatic heterocycles. The second-order valence-corrected chi connectivity index (χ2v) is 9.86. The van der Waals surface area contributed by atoms with E-state index in [4.69, 9.17) is 12.2 Å². The van der Waals surface area contributed by atoms with E-state index in [1.165, 1.54) is 49.5 Å². The third kappa shape index (κ3) is 4.13. The van der Waals surface area contributed by atoms with Crippen LogP contribution in [0.25, 0.3) is 27.6 Å². The minimum atomic E-state index is 0.0421. The summed E-state index contributed by atoms with van der Waals surface area (Å²) in [7, 11) is 0. The predicted molar refractivity (Wildman–Crippen MR) is 151 cm³/mol. The standard InChI is InChI=1S/C31H29N3S/c1-2-17-34-19-24(18-23-13-7-11-21-9-3-5-14-25(21)23)29-28(20-34)30(33-31(35)32-29)27-16-8-12-22-10-4-6-15-26(22)27/h3-16,18,30H,2,17,19-20H2,1H3,(H2,32,33,35). The molecular weight excluding hydrogens is 446 g/mol. The first kappa shape index (κ1) is 22.0. The van der Waals surface area contributed by atoms with Gasteiger partial charge in [0.15, 0.2) is 5.11 Å². The number of rotatable bonds is 4. The lowest BCUT2D eigenvalue weighted by molar-refractivity contribution is 0.301. The number of benzene rings is 4. The number of hydrogen-bond acceptors (Lipinski definition) is 2. The monoisotopic (exact) mass is 475 g/mol. The fourth-order valence-corrected chi connectivity index (χ4v) is 5.81. The summed E-state index contributed by atoms with van der Waals surface area (Å²) in [6, 6.07) is 30.4. The lowest BCUT2D eigenvalue weighted by atomic mass is 9.86. The highest BCUT2D eigenvalue weighted by molar-refractivity contribution is 7.80. The van der Waals surface area contributed by atoms with Crippen LogP contribution in [-0.2, 0) is 0 Å². The fraction of sp³-hybridized carbons (Fsp3) is 0.194. The molecule has 1 atom stereocenters. The molecule has 4 aromatic rings. The van der Waals surface area contributed by atoms with E-state index in [0.29, 0.717) is 5.11 Å². The van der Waals surface area contributed by atoms with Gasteiger partial charge in [0.2, 0.25) is 0 Å². The van der Waals surface area contributed by atoms with Crippen molar-refractivity contribution < 1.29 is 0 Å². The Balaban J connectivity index is 1.53. The van der Waals surface area contributed by atoms with Gasteiger partial charge in [0.25, 0.3) is 0 Å². The third-order valence-electron chi connectivity index (χ3n) is 7.12. The molecular formula is C31H29N3S. The molecule has 0 spiro atoms. The second kappa shape index (κ2) is 9.29. The van der Waals surface area contributed by atoms with Gasteiger partial charge in [0.05, 0.1) is 6.04 Å². The lowest BCUT2D eigenvalue weighted by Gasteiger charge is -2.40. The largest absolute Gasteiger partial charge is 0.352 e. The average Bonchev–Trinajstić information content (AvgIpc) is 2.89. The highest BCUT2D eigenvalue weighted by atomic mass is 32.1. The predicted octanol–water partition coefficient (Wildman–Crippen LogP) is 6.58. The summed E-state index contributed by atoms with van der Waals surface area (Å²) in [6.45, 7) is 5.16. The minimum absolute atomic E-state index is 0.0421. The molecule has 0 radical (unpaired) electrons. The van der Waals surface area contributed by atoms with Crippen molar-refractivity contribution in [2.75, 3.05) is 19.6 Å². The van der Waals surface area contributed by atoms with Crippen LogP contribution in [0.4, 0.5) is 0 Å². The van der Waals surface area contributed by atoms with Crippen molar-refractivity contribution in [1.82, 2.24) is 15.5 Å². The van der Waals surface area contributed by atoms with Gasteiger partial charge in [-0.2, -0.15) is 0 Å².